The Kier molecular flexibility index (Phi) is 7.68. The predicted molar refractivity (Wildman–Crippen MR) is 96.0 cm³/mol. The summed E-state index contributed by atoms with van der Waals surface area (Å²) >= 11 is 0. The number of hydrogen-bond donors (Lipinski definition) is 1. The maximum absolute atomic E-state index is 12.5. The molecule has 2 aliphatic rings. The summed E-state index contributed by atoms with van der Waals surface area (Å²) in [6.07, 6.45) is 3.35. The van der Waals surface area contributed by atoms with Gasteiger partial charge in [-0.3, -0.25) is 14.4 Å². The van der Waals surface area contributed by atoms with Gasteiger partial charge in [-0.25, -0.2) is 0 Å². The van der Waals surface area contributed by atoms with E-state index in [-0.39, 0.29) is 23.8 Å². The highest BCUT2D eigenvalue weighted by Crippen LogP contribution is 2.18. The molecule has 7 nitrogen and oxygen atoms in total. The Bertz CT molecular complexity index is 479. The summed E-state index contributed by atoms with van der Waals surface area (Å²) < 4.78 is 0. The number of piperidine rings is 1. The van der Waals surface area contributed by atoms with Crippen molar-refractivity contribution in [1.29, 1.82) is 0 Å². The molecule has 1 N–H and O–H groups in total. The zero-order valence-electron chi connectivity index (χ0n) is 15.6. The van der Waals surface area contributed by atoms with E-state index in [9.17, 15) is 14.4 Å². The molecule has 2 fully saturated rings. The van der Waals surface area contributed by atoms with Crippen molar-refractivity contribution in [1.82, 2.24) is 20.0 Å². The third-order valence-electron chi connectivity index (χ3n) is 5.21. The van der Waals surface area contributed by atoms with E-state index in [0.29, 0.717) is 32.4 Å². The Balaban J connectivity index is 1.77. The van der Waals surface area contributed by atoms with Gasteiger partial charge in [0.1, 0.15) is 0 Å². The van der Waals surface area contributed by atoms with Gasteiger partial charge in [-0.1, -0.05) is 0 Å². The van der Waals surface area contributed by atoms with E-state index in [1.807, 2.05) is 23.6 Å². The lowest BCUT2D eigenvalue weighted by Crippen LogP contribution is -2.57. The average Bonchev–Trinajstić information content (AvgIpc) is 2.63. The first-order valence-electron chi connectivity index (χ1n) is 9.62. The highest BCUT2D eigenvalue weighted by molar-refractivity contribution is 5.80. The number of carbonyl (C=O) groups is 3. The van der Waals surface area contributed by atoms with Gasteiger partial charge >= 0.3 is 0 Å². The predicted octanol–water partition coefficient (Wildman–Crippen LogP) is 0.448. The number of amides is 3. The molecule has 2 aliphatic heterocycles. The first-order valence-corrected chi connectivity index (χ1v) is 9.62. The fraction of sp³-hybridized carbons (Fsp3) is 0.833. The lowest BCUT2D eigenvalue weighted by atomic mass is 10.0. The lowest BCUT2D eigenvalue weighted by molar-refractivity contribution is -0.140. The minimum atomic E-state index is 0.111. The quantitative estimate of drug-likeness (QED) is 0.722. The molecule has 3 amide bonds. The van der Waals surface area contributed by atoms with Crippen molar-refractivity contribution >= 4 is 17.7 Å². The summed E-state index contributed by atoms with van der Waals surface area (Å²) in [5.74, 6) is 0.371. The van der Waals surface area contributed by atoms with Crippen molar-refractivity contribution < 1.29 is 14.4 Å². The van der Waals surface area contributed by atoms with Gasteiger partial charge in [0.2, 0.25) is 17.7 Å². The smallest absolute Gasteiger partial charge is 0.236 e. The van der Waals surface area contributed by atoms with Crippen LogP contribution in [0.2, 0.25) is 0 Å². The normalized spacial score (nSPS) is 21.4. The molecule has 0 aromatic carbocycles. The summed E-state index contributed by atoms with van der Waals surface area (Å²) in [4.78, 5) is 42.2. The maximum Gasteiger partial charge on any atom is 0.236 e. The van der Waals surface area contributed by atoms with Crippen molar-refractivity contribution in [2.75, 3.05) is 45.8 Å². The van der Waals surface area contributed by atoms with Gasteiger partial charge in [-0.2, -0.15) is 0 Å². The highest BCUT2D eigenvalue weighted by Gasteiger charge is 2.31. The third-order valence-corrected chi connectivity index (χ3v) is 5.21. The molecule has 1 atom stereocenters. The van der Waals surface area contributed by atoms with Crippen molar-refractivity contribution in [3.63, 3.8) is 0 Å². The number of hydrogen-bond acceptors (Lipinski definition) is 4. The van der Waals surface area contributed by atoms with E-state index in [4.69, 9.17) is 0 Å². The number of nitrogens with zero attached hydrogens (tertiary/aromatic N) is 3. The number of piperazine rings is 1. The third kappa shape index (κ3) is 5.42. The van der Waals surface area contributed by atoms with Crippen LogP contribution in [0.4, 0.5) is 0 Å². The van der Waals surface area contributed by atoms with Crippen LogP contribution in [-0.2, 0) is 14.4 Å². The van der Waals surface area contributed by atoms with Crippen molar-refractivity contribution in [3.8, 4) is 0 Å². The summed E-state index contributed by atoms with van der Waals surface area (Å²) in [6.45, 7) is 8.72. The minimum Gasteiger partial charge on any atom is -0.343 e. The molecule has 0 spiro atoms. The van der Waals surface area contributed by atoms with Crippen LogP contribution in [0.5, 0.6) is 0 Å². The summed E-state index contributed by atoms with van der Waals surface area (Å²) in [6, 6.07) is 0.143. The average molecular weight is 352 g/mol. The molecule has 2 saturated heterocycles. The lowest BCUT2D eigenvalue weighted by Gasteiger charge is -2.41. The van der Waals surface area contributed by atoms with Crippen molar-refractivity contribution in [3.05, 3.63) is 0 Å². The second-order valence-electron chi connectivity index (χ2n) is 6.82. The molecule has 25 heavy (non-hydrogen) atoms. The van der Waals surface area contributed by atoms with Crippen LogP contribution in [-0.4, -0.2) is 84.3 Å². The summed E-state index contributed by atoms with van der Waals surface area (Å²) in [5, 5.41) is 3.09. The summed E-state index contributed by atoms with van der Waals surface area (Å²) in [7, 11) is 0. The fourth-order valence-electron chi connectivity index (χ4n) is 3.73. The topological polar surface area (TPSA) is 73.0 Å². The number of carbonyl (C=O) groups excluding carboxylic acids is 3. The molecule has 0 saturated carbocycles. The number of nitrogens with one attached hydrogen (secondary N) is 1. The molecular formula is C18H32N4O3. The van der Waals surface area contributed by atoms with Crippen LogP contribution in [0.25, 0.3) is 0 Å². The van der Waals surface area contributed by atoms with E-state index < -0.39 is 0 Å². The fourth-order valence-corrected chi connectivity index (χ4v) is 3.73. The Labute approximate surface area is 150 Å². The van der Waals surface area contributed by atoms with Gasteiger partial charge in [0.25, 0.3) is 0 Å². The standard InChI is InChI=1S/C18H32N4O3/c1-3-20(4-2)16(23)8-5-9-17(24)21-11-6-7-15(14-21)22-12-10-19-13-18(22)25/h15,19H,3-14H2,1-2H3. The molecule has 0 bridgehead atoms. The van der Waals surface area contributed by atoms with E-state index in [0.717, 1.165) is 45.6 Å². The minimum absolute atomic E-state index is 0.111. The zero-order valence-corrected chi connectivity index (χ0v) is 15.6. The first kappa shape index (κ1) is 19.7. The second-order valence-corrected chi connectivity index (χ2v) is 6.82. The number of rotatable bonds is 7. The molecule has 0 aliphatic carbocycles. The zero-order chi connectivity index (χ0) is 18.2. The van der Waals surface area contributed by atoms with E-state index in [1.54, 1.807) is 4.90 Å². The molecule has 1 unspecified atom stereocenters. The molecule has 0 radical (unpaired) electrons. The monoisotopic (exact) mass is 352 g/mol. The maximum atomic E-state index is 12.5. The van der Waals surface area contributed by atoms with Gasteiger partial charge in [0, 0.05) is 58.2 Å². The number of likely N-dealkylation sites (tertiary alicyclic amines) is 1. The van der Waals surface area contributed by atoms with Gasteiger partial charge in [-0.15, -0.1) is 0 Å². The Morgan fingerprint density at radius 3 is 2.64 bits per heavy atom. The molecule has 142 valence electrons. The molecule has 7 heteroatoms. The van der Waals surface area contributed by atoms with E-state index in [2.05, 4.69) is 5.32 Å². The van der Waals surface area contributed by atoms with Crippen LogP contribution in [0.15, 0.2) is 0 Å². The molecule has 0 aromatic heterocycles. The van der Waals surface area contributed by atoms with E-state index >= 15 is 0 Å². The second kappa shape index (κ2) is 9.75. The largest absolute Gasteiger partial charge is 0.343 e. The van der Waals surface area contributed by atoms with Gasteiger partial charge in [0.15, 0.2) is 0 Å². The highest BCUT2D eigenvalue weighted by atomic mass is 16.2. The summed E-state index contributed by atoms with van der Waals surface area (Å²) in [5.41, 5.74) is 0. The van der Waals surface area contributed by atoms with Crippen molar-refractivity contribution in [2.45, 2.75) is 52.0 Å². The van der Waals surface area contributed by atoms with Crippen LogP contribution < -0.4 is 5.32 Å². The molecular weight excluding hydrogens is 320 g/mol. The Morgan fingerprint density at radius 1 is 1.20 bits per heavy atom. The van der Waals surface area contributed by atoms with Crippen LogP contribution in [0.3, 0.4) is 0 Å². The first-order chi connectivity index (χ1) is 12.1. The Morgan fingerprint density at radius 2 is 1.96 bits per heavy atom. The SMILES string of the molecule is CCN(CC)C(=O)CCCC(=O)N1CCCC(N2CCNCC2=O)C1. The van der Waals surface area contributed by atoms with Crippen LogP contribution in [0.1, 0.15) is 46.0 Å². The van der Waals surface area contributed by atoms with Gasteiger partial charge in [-0.05, 0) is 33.1 Å². The van der Waals surface area contributed by atoms with E-state index in [1.165, 1.54) is 0 Å². The molecule has 2 heterocycles. The molecule has 2 rings (SSSR count). The van der Waals surface area contributed by atoms with Crippen LogP contribution in [0, 0.1) is 0 Å². The Hall–Kier alpha value is -1.63. The molecule has 0 aromatic rings. The van der Waals surface area contributed by atoms with Crippen LogP contribution >= 0.6 is 0 Å². The van der Waals surface area contributed by atoms with Crippen molar-refractivity contribution in [2.24, 2.45) is 0 Å². The van der Waals surface area contributed by atoms with Gasteiger partial charge < -0.3 is 20.0 Å². The van der Waals surface area contributed by atoms with Gasteiger partial charge in [0.05, 0.1) is 6.54 Å².